The van der Waals surface area contributed by atoms with Crippen molar-refractivity contribution in [3.05, 3.63) is 0 Å². The number of hydrogen-bond acceptors (Lipinski definition) is 0. The first-order chi connectivity index (χ1) is 4.31. The minimum absolute atomic E-state index is 0.803. The summed E-state index contributed by atoms with van der Waals surface area (Å²) >= 11 is 0. The normalized spacial score (nSPS) is 12.2. The maximum absolute atomic E-state index is 12.5. The molecule has 0 N–H and O–H groups in total. The van der Waals surface area contributed by atoms with Crippen LogP contribution in [0.5, 0.6) is 0 Å². The molecular weight excluding hydrogens is 141 g/mol. The van der Waals surface area contributed by atoms with E-state index < -0.39 is 11.6 Å². The maximum Gasteiger partial charge on any atom is 0.340 e. The van der Waals surface area contributed by atoms with Crippen molar-refractivity contribution in [1.29, 1.82) is 0 Å². The molecular formula is C7H9F3. The van der Waals surface area contributed by atoms with E-state index in [1.54, 1.807) is 0 Å². The van der Waals surface area contributed by atoms with Gasteiger partial charge in [-0.1, -0.05) is 0 Å². The lowest BCUT2D eigenvalue weighted by Crippen LogP contribution is -2.37. The van der Waals surface area contributed by atoms with E-state index in [1.807, 2.05) is 5.92 Å². The number of hydrogen-bond donors (Lipinski definition) is 0. The van der Waals surface area contributed by atoms with Crippen molar-refractivity contribution in [1.82, 2.24) is 0 Å². The predicted octanol–water partition coefficient (Wildman–Crippen LogP) is 2.39. The second-order valence-corrected chi connectivity index (χ2v) is 2.42. The van der Waals surface area contributed by atoms with E-state index in [0.29, 0.717) is 0 Å². The lowest BCUT2D eigenvalue weighted by Gasteiger charge is -2.20. The molecule has 0 unspecified atom stereocenters. The van der Waals surface area contributed by atoms with Crippen LogP contribution >= 0.6 is 0 Å². The summed E-state index contributed by atoms with van der Waals surface area (Å²) in [6.07, 6.45) is 0. The molecule has 0 aromatic carbocycles. The molecule has 0 aliphatic rings. The second-order valence-electron chi connectivity index (χ2n) is 2.42. The molecule has 0 aromatic heterocycles. The molecule has 10 heavy (non-hydrogen) atoms. The molecule has 0 aliphatic carbocycles. The Balaban J connectivity index is 4.51. The summed E-state index contributed by atoms with van der Waals surface area (Å²) in [5.74, 6) is -0.0619. The first-order valence-electron chi connectivity index (χ1n) is 2.82. The van der Waals surface area contributed by atoms with E-state index in [9.17, 15) is 13.2 Å². The third-order valence-electron chi connectivity index (χ3n) is 1.03. The number of halogens is 3. The highest BCUT2D eigenvalue weighted by molar-refractivity contribution is 5.13. The second kappa shape index (κ2) is 2.53. The Bertz CT molecular complexity index is 166. The van der Waals surface area contributed by atoms with Gasteiger partial charge in [0.05, 0.1) is 0 Å². The summed E-state index contributed by atoms with van der Waals surface area (Å²) in [5.41, 5.74) is -2.56. The zero-order chi connectivity index (χ0) is 8.41. The van der Waals surface area contributed by atoms with Crippen LogP contribution in [0.25, 0.3) is 0 Å². The van der Waals surface area contributed by atoms with E-state index in [4.69, 9.17) is 0 Å². The monoisotopic (exact) mass is 150 g/mol. The minimum Gasteiger partial charge on any atom is -0.237 e. The molecule has 0 radical (unpaired) electrons. The van der Waals surface area contributed by atoms with Crippen molar-refractivity contribution in [3.8, 4) is 11.8 Å². The summed E-state index contributed by atoms with van der Waals surface area (Å²) in [6, 6.07) is 0. The lowest BCUT2D eigenvalue weighted by atomic mass is 10.0. The Morgan fingerprint density at radius 1 is 1.10 bits per heavy atom. The van der Waals surface area contributed by atoms with Crippen LogP contribution in [0.2, 0.25) is 0 Å². The van der Waals surface area contributed by atoms with Gasteiger partial charge in [0.2, 0.25) is 0 Å². The highest BCUT2D eigenvalue weighted by atomic mass is 19.3. The van der Waals surface area contributed by atoms with Crippen molar-refractivity contribution in [2.24, 2.45) is 0 Å². The third kappa shape index (κ3) is 1.94. The Morgan fingerprint density at radius 2 is 1.50 bits per heavy atom. The largest absolute Gasteiger partial charge is 0.340 e. The van der Waals surface area contributed by atoms with Crippen LogP contribution in [0.1, 0.15) is 20.8 Å². The molecule has 0 heterocycles. The van der Waals surface area contributed by atoms with Crippen LogP contribution < -0.4 is 0 Å². The summed E-state index contributed by atoms with van der Waals surface area (Å²) < 4.78 is 37.3. The fourth-order valence-corrected chi connectivity index (χ4v) is 0.306. The van der Waals surface area contributed by atoms with Gasteiger partial charge in [0.25, 0.3) is 0 Å². The molecule has 0 bridgehead atoms. The smallest absolute Gasteiger partial charge is 0.237 e. The fourth-order valence-electron chi connectivity index (χ4n) is 0.306. The minimum atomic E-state index is -3.54. The molecule has 0 fully saturated rings. The van der Waals surface area contributed by atoms with Crippen molar-refractivity contribution >= 4 is 0 Å². The van der Waals surface area contributed by atoms with E-state index in [1.165, 1.54) is 12.8 Å². The molecule has 0 aromatic rings. The average Bonchev–Trinajstić information content (AvgIpc) is 1.61. The van der Waals surface area contributed by atoms with Crippen LogP contribution in [-0.2, 0) is 0 Å². The molecule has 0 amide bonds. The zero-order valence-electron chi connectivity index (χ0n) is 6.13. The molecule has 0 aliphatic heterocycles. The van der Waals surface area contributed by atoms with Crippen LogP contribution in [0.4, 0.5) is 13.2 Å². The van der Waals surface area contributed by atoms with E-state index in [-0.39, 0.29) is 0 Å². The SMILES string of the molecule is CC#CC(F)(F)C(C)(C)F. The first-order valence-corrected chi connectivity index (χ1v) is 2.82. The Morgan fingerprint density at radius 3 is 1.60 bits per heavy atom. The van der Waals surface area contributed by atoms with Crippen molar-refractivity contribution in [2.45, 2.75) is 32.4 Å². The zero-order valence-corrected chi connectivity index (χ0v) is 6.13. The fraction of sp³-hybridized carbons (Fsp3) is 0.714. The summed E-state index contributed by atoms with van der Waals surface area (Å²) in [5, 5.41) is 0. The Kier molecular flexibility index (Phi) is 2.37. The highest BCUT2D eigenvalue weighted by Gasteiger charge is 2.45. The topological polar surface area (TPSA) is 0 Å². The lowest BCUT2D eigenvalue weighted by molar-refractivity contribution is -0.0707. The van der Waals surface area contributed by atoms with Gasteiger partial charge in [-0.25, -0.2) is 4.39 Å². The third-order valence-corrected chi connectivity index (χ3v) is 1.03. The quantitative estimate of drug-likeness (QED) is 0.503. The molecule has 0 rings (SSSR count). The van der Waals surface area contributed by atoms with Gasteiger partial charge in [0, 0.05) is 0 Å². The van der Waals surface area contributed by atoms with Gasteiger partial charge >= 0.3 is 5.92 Å². The van der Waals surface area contributed by atoms with E-state index in [0.717, 1.165) is 13.8 Å². The first kappa shape index (κ1) is 9.35. The Hall–Kier alpha value is -0.650. The van der Waals surface area contributed by atoms with E-state index in [2.05, 4.69) is 0 Å². The summed E-state index contributed by atoms with van der Waals surface area (Å²) in [4.78, 5) is 0. The molecule has 58 valence electrons. The van der Waals surface area contributed by atoms with Gasteiger partial charge in [-0.15, -0.1) is 5.92 Å². The van der Waals surface area contributed by atoms with Gasteiger partial charge in [0.1, 0.15) is 0 Å². The van der Waals surface area contributed by atoms with Gasteiger partial charge in [-0.2, -0.15) is 8.78 Å². The van der Waals surface area contributed by atoms with Crippen LogP contribution in [0.3, 0.4) is 0 Å². The average molecular weight is 150 g/mol. The standard InChI is InChI=1S/C7H9F3/c1-4-5-7(9,10)6(2,3)8/h1-3H3. The van der Waals surface area contributed by atoms with Crippen molar-refractivity contribution in [2.75, 3.05) is 0 Å². The summed E-state index contributed by atoms with van der Waals surface area (Å²) in [6.45, 7) is 2.86. The van der Waals surface area contributed by atoms with Gasteiger partial charge in [-0.05, 0) is 26.7 Å². The molecule has 3 heteroatoms. The van der Waals surface area contributed by atoms with Crippen LogP contribution in [-0.4, -0.2) is 11.6 Å². The van der Waals surface area contributed by atoms with Crippen LogP contribution in [0, 0.1) is 11.8 Å². The Labute approximate surface area is 58.4 Å². The molecule has 0 saturated carbocycles. The van der Waals surface area contributed by atoms with Crippen molar-refractivity contribution in [3.63, 3.8) is 0 Å². The summed E-state index contributed by atoms with van der Waals surface area (Å²) in [7, 11) is 0. The molecule has 0 spiro atoms. The van der Waals surface area contributed by atoms with Gasteiger partial charge in [0.15, 0.2) is 5.67 Å². The molecule has 0 atom stereocenters. The maximum atomic E-state index is 12.5. The van der Waals surface area contributed by atoms with Crippen molar-refractivity contribution < 1.29 is 13.2 Å². The van der Waals surface area contributed by atoms with Gasteiger partial charge in [-0.3, -0.25) is 0 Å². The number of alkyl halides is 3. The predicted molar refractivity (Wildman–Crippen MR) is 33.6 cm³/mol. The molecule has 0 nitrogen and oxygen atoms in total. The van der Waals surface area contributed by atoms with E-state index >= 15 is 0 Å². The van der Waals surface area contributed by atoms with Crippen LogP contribution in [0.15, 0.2) is 0 Å². The number of rotatable bonds is 1. The highest BCUT2D eigenvalue weighted by Crippen LogP contribution is 2.30. The molecule has 0 saturated heterocycles. The van der Waals surface area contributed by atoms with Gasteiger partial charge < -0.3 is 0 Å².